The van der Waals surface area contributed by atoms with E-state index in [1.165, 1.54) is 0 Å². The summed E-state index contributed by atoms with van der Waals surface area (Å²) in [5.74, 6) is -0.329. The van der Waals surface area contributed by atoms with E-state index in [1.54, 1.807) is 10.6 Å². The molecule has 0 saturated heterocycles. The van der Waals surface area contributed by atoms with E-state index in [9.17, 15) is 4.79 Å². The van der Waals surface area contributed by atoms with Crippen molar-refractivity contribution in [2.75, 3.05) is 0 Å². The summed E-state index contributed by atoms with van der Waals surface area (Å²) in [6.07, 6.45) is 0. The minimum atomic E-state index is -0.329. The highest BCUT2D eigenvalue weighted by Gasteiger charge is 2.16. The van der Waals surface area contributed by atoms with Gasteiger partial charge in [0.2, 0.25) is 0 Å². The molecule has 0 bridgehead atoms. The molecule has 1 atom stereocenters. The number of fused-ring (bicyclic) bond motifs is 1. The number of hydrogen-bond acceptors (Lipinski definition) is 2. The molecule has 3 rings (SSSR count). The largest absolute Gasteiger partial charge is 0.420 e. The smallest absolute Gasteiger partial charge is 0.408 e. The van der Waals surface area contributed by atoms with Crippen molar-refractivity contribution < 1.29 is 4.42 Å². The van der Waals surface area contributed by atoms with E-state index in [0.29, 0.717) is 5.58 Å². The molecule has 0 aliphatic rings. The Morgan fingerprint density at radius 1 is 1.16 bits per heavy atom. The summed E-state index contributed by atoms with van der Waals surface area (Å²) < 4.78 is 7.88. The van der Waals surface area contributed by atoms with Crippen molar-refractivity contribution in [2.24, 2.45) is 0 Å². The highest BCUT2D eigenvalue weighted by molar-refractivity contribution is 9.10. The fourth-order valence-corrected chi connectivity index (χ4v) is 2.60. The van der Waals surface area contributed by atoms with E-state index < -0.39 is 0 Å². The molecule has 1 heterocycles. The zero-order chi connectivity index (χ0) is 13.4. The van der Waals surface area contributed by atoms with Crippen LogP contribution in [0.3, 0.4) is 0 Å². The van der Waals surface area contributed by atoms with Gasteiger partial charge >= 0.3 is 5.76 Å². The van der Waals surface area contributed by atoms with Crippen LogP contribution in [-0.4, -0.2) is 4.57 Å². The van der Waals surface area contributed by atoms with Crippen LogP contribution in [0.1, 0.15) is 18.5 Å². The summed E-state index contributed by atoms with van der Waals surface area (Å²) >= 11 is 3.42. The molecule has 96 valence electrons. The normalized spacial score (nSPS) is 12.7. The monoisotopic (exact) mass is 317 g/mol. The van der Waals surface area contributed by atoms with Gasteiger partial charge in [-0.2, -0.15) is 0 Å². The first kappa shape index (κ1) is 12.2. The summed E-state index contributed by atoms with van der Waals surface area (Å²) in [7, 11) is 0. The lowest BCUT2D eigenvalue weighted by atomic mass is 10.1. The summed E-state index contributed by atoms with van der Waals surface area (Å²) in [4.78, 5) is 12.0. The molecule has 0 radical (unpaired) electrons. The summed E-state index contributed by atoms with van der Waals surface area (Å²) in [6, 6.07) is 15.4. The quantitative estimate of drug-likeness (QED) is 0.717. The van der Waals surface area contributed by atoms with Gasteiger partial charge in [-0.05, 0) is 30.7 Å². The van der Waals surface area contributed by atoms with Crippen molar-refractivity contribution in [1.82, 2.24) is 4.57 Å². The van der Waals surface area contributed by atoms with Crippen LogP contribution in [0, 0.1) is 0 Å². The second-order valence-corrected chi connectivity index (χ2v) is 5.35. The molecule has 0 aliphatic carbocycles. The van der Waals surface area contributed by atoms with Crippen LogP contribution in [-0.2, 0) is 0 Å². The molecule has 1 unspecified atom stereocenters. The van der Waals surface area contributed by atoms with E-state index in [2.05, 4.69) is 15.9 Å². The molecule has 2 aromatic carbocycles. The topological polar surface area (TPSA) is 35.1 Å². The number of nitrogens with zero attached hydrogens (tertiary/aromatic N) is 1. The van der Waals surface area contributed by atoms with Crippen LogP contribution < -0.4 is 5.76 Å². The molecule has 3 aromatic rings. The van der Waals surface area contributed by atoms with Gasteiger partial charge in [-0.25, -0.2) is 4.79 Å². The number of hydrogen-bond donors (Lipinski definition) is 0. The zero-order valence-corrected chi connectivity index (χ0v) is 11.9. The minimum absolute atomic E-state index is 0.0655. The maximum Gasteiger partial charge on any atom is 0.420 e. The van der Waals surface area contributed by atoms with Crippen molar-refractivity contribution in [3.8, 4) is 0 Å². The molecule has 1 aromatic heterocycles. The number of rotatable bonds is 2. The average Bonchev–Trinajstić information content (AvgIpc) is 2.74. The molecule has 3 nitrogen and oxygen atoms in total. The Balaban J connectivity index is 2.22. The standard InChI is InChI=1S/C15H12BrNO2/c1-10(11-5-3-2-4-6-11)17-13-9-12(16)7-8-14(13)19-15(17)18/h2-10H,1H3. The SMILES string of the molecule is CC(c1ccccc1)n1c(=O)oc2ccc(Br)cc21. The van der Waals surface area contributed by atoms with Crippen LogP contribution in [0.15, 0.2) is 62.2 Å². The van der Waals surface area contributed by atoms with Gasteiger partial charge < -0.3 is 4.42 Å². The van der Waals surface area contributed by atoms with E-state index in [-0.39, 0.29) is 11.8 Å². The van der Waals surface area contributed by atoms with Crippen molar-refractivity contribution in [3.05, 3.63) is 69.1 Å². The Labute approximate surface area is 118 Å². The number of oxazole rings is 1. The van der Waals surface area contributed by atoms with Gasteiger partial charge in [0, 0.05) is 4.47 Å². The predicted octanol–water partition coefficient (Wildman–Crippen LogP) is 3.97. The molecular weight excluding hydrogens is 306 g/mol. The van der Waals surface area contributed by atoms with Crippen LogP contribution in [0.25, 0.3) is 11.1 Å². The molecule has 0 spiro atoms. The maximum absolute atomic E-state index is 12.0. The molecular formula is C15H12BrNO2. The van der Waals surface area contributed by atoms with Crippen molar-refractivity contribution in [1.29, 1.82) is 0 Å². The number of benzene rings is 2. The fourth-order valence-electron chi connectivity index (χ4n) is 2.25. The molecule has 0 amide bonds. The van der Waals surface area contributed by atoms with Gasteiger partial charge in [0.05, 0.1) is 11.6 Å². The lowest BCUT2D eigenvalue weighted by molar-refractivity contribution is 0.490. The van der Waals surface area contributed by atoms with Crippen LogP contribution in [0.5, 0.6) is 0 Å². The lowest BCUT2D eigenvalue weighted by Crippen LogP contribution is -2.19. The first-order valence-corrected chi connectivity index (χ1v) is 6.81. The lowest BCUT2D eigenvalue weighted by Gasteiger charge is -2.12. The van der Waals surface area contributed by atoms with E-state index in [4.69, 9.17) is 4.42 Å². The number of aromatic nitrogens is 1. The fraction of sp³-hybridized carbons (Fsp3) is 0.133. The molecule has 19 heavy (non-hydrogen) atoms. The molecule has 0 fully saturated rings. The molecule has 0 aliphatic heterocycles. The summed E-state index contributed by atoms with van der Waals surface area (Å²) in [5.41, 5.74) is 2.49. The van der Waals surface area contributed by atoms with Gasteiger partial charge in [-0.1, -0.05) is 46.3 Å². The van der Waals surface area contributed by atoms with Gasteiger partial charge in [0.25, 0.3) is 0 Å². The van der Waals surface area contributed by atoms with Crippen molar-refractivity contribution >= 4 is 27.0 Å². The second kappa shape index (κ2) is 4.70. The minimum Gasteiger partial charge on any atom is -0.408 e. The summed E-state index contributed by atoms with van der Waals surface area (Å²) in [6.45, 7) is 1.99. The first-order valence-electron chi connectivity index (χ1n) is 6.02. The van der Waals surface area contributed by atoms with Crippen LogP contribution >= 0.6 is 15.9 Å². The third-order valence-corrected chi connectivity index (χ3v) is 3.74. The Hall–Kier alpha value is -1.81. The number of halogens is 1. The Morgan fingerprint density at radius 3 is 2.63 bits per heavy atom. The van der Waals surface area contributed by atoms with Gasteiger partial charge in [0.1, 0.15) is 0 Å². The van der Waals surface area contributed by atoms with Crippen LogP contribution in [0.4, 0.5) is 0 Å². The van der Waals surface area contributed by atoms with E-state index in [0.717, 1.165) is 15.6 Å². The predicted molar refractivity (Wildman–Crippen MR) is 78.4 cm³/mol. The highest BCUT2D eigenvalue weighted by Crippen LogP contribution is 2.24. The summed E-state index contributed by atoms with van der Waals surface area (Å²) in [5, 5.41) is 0. The highest BCUT2D eigenvalue weighted by atomic mass is 79.9. The first-order chi connectivity index (χ1) is 9.16. The van der Waals surface area contributed by atoms with Crippen LogP contribution in [0.2, 0.25) is 0 Å². The molecule has 0 N–H and O–H groups in total. The third kappa shape index (κ3) is 2.12. The maximum atomic E-state index is 12.0. The van der Waals surface area contributed by atoms with Gasteiger partial charge in [-0.3, -0.25) is 4.57 Å². The Kier molecular flexibility index (Phi) is 3.03. The van der Waals surface area contributed by atoms with E-state index >= 15 is 0 Å². The molecule has 4 heteroatoms. The van der Waals surface area contributed by atoms with Gasteiger partial charge in [-0.15, -0.1) is 0 Å². The molecule has 0 saturated carbocycles. The zero-order valence-electron chi connectivity index (χ0n) is 10.3. The third-order valence-electron chi connectivity index (χ3n) is 3.24. The van der Waals surface area contributed by atoms with Crippen molar-refractivity contribution in [2.45, 2.75) is 13.0 Å². The average molecular weight is 318 g/mol. The van der Waals surface area contributed by atoms with E-state index in [1.807, 2.05) is 49.4 Å². The Bertz CT molecular complexity index is 774. The second-order valence-electron chi connectivity index (χ2n) is 4.44. The van der Waals surface area contributed by atoms with Crippen molar-refractivity contribution in [3.63, 3.8) is 0 Å². The Morgan fingerprint density at radius 2 is 1.89 bits per heavy atom. The van der Waals surface area contributed by atoms with Gasteiger partial charge in [0.15, 0.2) is 5.58 Å².